The van der Waals surface area contributed by atoms with Crippen molar-refractivity contribution in [2.75, 3.05) is 0 Å². The second-order valence-electron chi connectivity index (χ2n) is 4.30. The third kappa shape index (κ3) is 1.39. The number of hydrogen-bond donors (Lipinski definition) is 2. The fraction of sp³-hybridized carbons (Fsp3) is 0.417. The summed E-state index contributed by atoms with van der Waals surface area (Å²) in [7, 11) is 0. The number of aromatic hydroxyl groups is 1. The van der Waals surface area contributed by atoms with Crippen LogP contribution in [0.1, 0.15) is 30.9 Å². The topological polar surface area (TPSA) is 57.5 Å². The second kappa shape index (κ2) is 3.26. The van der Waals surface area contributed by atoms with E-state index in [0.29, 0.717) is 12.0 Å². The van der Waals surface area contributed by atoms with Crippen LogP contribution in [0.25, 0.3) is 0 Å². The first-order valence-electron chi connectivity index (χ1n) is 5.10. The molecule has 0 aliphatic heterocycles. The van der Waals surface area contributed by atoms with Gasteiger partial charge in [-0.3, -0.25) is 4.79 Å². The molecule has 3 nitrogen and oxygen atoms in total. The van der Waals surface area contributed by atoms with Crippen LogP contribution in [0.4, 0.5) is 0 Å². The molecule has 0 amide bonds. The molecule has 1 aliphatic rings. The molecule has 0 heterocycles. The summed E-state index contributed by atoms with van der Waals surface area (Å²) < 4.78 is 0. The number of carboxylic acid groups (broad SMARTS) is 1. The van der Waals surface area contributed by atoms with Crippen LogP contribution in [0, 0.1) is 0 Å². The number of carboxylic acids is 1. The Kier molecular flexibility index (Phi) is 2.18. The molecule has 80 valence electrons. The van der Waals surface area contributed by atoms with Crippen LogP contribution >= 0.6 is 0 Å². The lowest BCUT2D eigenvalue weighted by molar-refractivity contribution is -0.143. The van der Waals surface area contributed by atoms with Gasteiger partial charge in [-0.15, -0.1) is 0 Å². The molecule has 0 saturated carbocycles. The molecule has 3 heteroatoms. The first kappa shape index (κ1) is 10.0. The number of fused-ring (bicyclic) bond motifs is 1. The Labute approximate surface area is 88.4 Å². The normalized spacial score (nSPS) is 24.6. The van der Waals surface area contributed by atoms with E-state index in [9.17, 15) is 15.0 Å². The summed E-state index contributed by atoms with van der Waals surface area (Å²) in [6.45, 7) is 1.69. The minimum Gasteiger partial charge on any atom is -0.508 e. The fourth-order valence-corrected chi connectivity index (χ4v) is 2.40. The van der Waals surface area contributed by atoms with E-state index in [1.807, 2.05) is 6.07 Å². The van der Waals surface area contributed by atoms with E-state index in [-0.39, 0.29) is 5.75 Å². The van der Waals surface area contributed by atoms with Crippen molar-refractivity contribution in [3.63, 3.8) is 0 Å². The number of phenols is 1. The average molecular weight is 206 g/mol. The summed E-state index contributed by atoms with van der Waals surface area (Å²) in [5, 5.41) is 19.0. The van der Waals surface area contributed by atoms with Gasteiger partial charge in [-0.1, -0.05) is 12.1 Å². The molecular formula is C12H14O3. The molecule has 0 saturated heterocycles. The number of phenolic OH excluding ortho intramolecular Hbond substituents is 1. The molecule has 1 aliphatic carbocycles. The maximum absolute atomic E-state index is 11.3. The zero-order valence-corrected chi connectivity index (χ0v) is 8.66. The van der Waals surface area contributed by atoms with Gasteiger partial charge in [0, 0.05) is 5.56 Å². The molecule has 1 aromatic carbocycles. The minimum absolute atomic E-state index is 0.108. The maximum Gasteiger partial charge on any atom is 0.313 e. The minimum atomic E-state index is -0.932. The Balaban J connectivity index is 2.64. The molecule has 0 spiro atoms. The van der Waals surface area contributed by atoms with Gasteiger partial charge in [-0.2, -0.15) is 0 Å². The van der Waals surface area contributed by atoms with Gasteiger partial charge < -0.3 is 10.2 Å². The van der Waals surface area contributed by atoms with E-state index >= 15 is 0 Å². The van der Waals surface area contributed by atoms with E-state index in [0.717, 1.165) is 18.4 Å². The Morgan fingerprint density at radius 1 is 1.47 bits per heavy atom. The smallest absolute Gasteiger partial charge is 0.313 e. The molecule has 0 bridgehead atoms. The highest BCUT2D eigenvalue weighted by molar-refractivity contribution is 5.83. The van der Waals surface area contributed by atoms with E-state index in [1.54, 1.807) is 19.1 Å². The molecule has 1 unspecified atom stereocenters. The monoisotopic (exact) mass is 206 g/mol. The summed E-state index contributed by atoms with van der Waals surface area (Å²) in [6, 6.07) is 5.22. The largest absolute Gasteiger partial charge is 0.508 e. The number of hydrogen-bond acceptors (Lipinski definition) is 2. The van der Waals surface area contributed by atoms with Crippen LogP contribution in [-0.2, 0) is 16.6 Å². The highest BCUT2D eigenvalue weighted by Crippen LogP contribution is 2.42. The summed E-state index contributed by atoms with van der Waals surface area (Å²) >= 11 is 0. The number of carbonyl (C=O) groups is 1. The van der Waals surface area contributed by atoms with E-state index < -0.39 is 11.4 Å². The van der Waals surface area contributed by atoms with Crippen LogP contribution in [0.3, 0.4) is 0 Å². The molecular weight excluding hydrogens is 192 g/mol. The highest BCUT2D eigenvalue weighted by Gasteiger charge is 2.40. The van der Waals surface area contributed by atoms with Crippen molar-refractivity contribution in [1.82, 2.24) is 0 Å². The fourth-order valence-electron chi connectivity index (χ4n) is 2.40. The first-order valence-corrected chi connectivity index (χ1v) is 5.10. The van der Waals surface area contributed by atoms with Crippen LogP contribution in [-0.4, -0.2) is 16.2 Å². The summed E-state index contributed by atoms with van der Waals surface area (Å²) in [6.07, 6.45) is 2.30. The summed E-state index contributed by atoms with van der Waals surface area (Å²) in [5.41, 5.74) is 0.633. The molecule has 2 N–H and O–H groups in total. The van der Waals surface area contributed by atoms with E-state index in [4.69, 9.17) is 0 Å². The van der Waals surface area contributed by atoms with Crippen molar-refractivity contribution in [3.8, 4) is 5.75 Å². The third-order valence-corrected chi connectivity index (χ3v) is 3.28. The Hall–Kier alpha value is -1.51. The van der Waals surface area contributed by atoms with Gasteiger partial charge in [-0.05, 0) is 37.8 Å². The van der Waals surface area contributed by atoms with Crippen LogP contribution in [0.5, 0.6) is 5.75 Å². The second-order valence-corrected chi connectivity index (χ2v) is 4.30. The van der Waals surface area contributed by atoms with Gasteiger partial charge in [0.1, 0.15) is 5.75 Å². The van der Waals surface area contributed by atoms with Crippen molar-refractivity contribution < 1.29 is 15.0 Å². The number of aryl methyl sites for hydroxylation is 1. The SMILES string of the molecule is CC1(C(=O)O)CCCc2cccc(O)c21. The lowest BCUT2D eigenvalue weighted by Gasteiger charge is -2.32. The van der Waals surface area contributed by atoms with Crippen LogP contribution in [0.2, 0.25) is 0 Å². The van der Waals surface area contributed by atoms with Gasteiger partial charge in [0.2, 0.25) is 0 Å². The lowest BCUT2D eigenvalue weighted by atomic mass is 9.71. The van der Waals surface area contributed by atoms with Crippen molar-refractivity contribution in [2.24, 2.45) is 0 Å². The molecule has 2 rings (SSSR count). The molecule has 1 aromatic rings. The Morgan fingerprint density at radius 3 is 2.87 bits per heavy atom. The average Bonchev–Trinajstić information content (AvgIpc) is 2.17. The van der Waals surface area contributed by atoms with Gasteiger partial charge >= 0.3 is 5.97 Å². The van der Waals surface area contributed by atoms with Crippen molar-refractivity contribution >= 4 is 5.97 Å². The quantitative estimate of drug-likeness (QED) is 0.739. The third-order valence-electron chi connectivity index (χ3n) is 3.28. The standard InChI is InChI=1S/C12H14O3/c1-12(11(14)15)7-3-5-8-4-2-6-9(13)10(8)12/h2,4,6,13H,3,5,7H2,1H3,(H,14,15). The Morgan fingerprint density at radius 2 is 2.20 bits per heavy atom. The van der Waals surface area contributed by atoms with E-state index in [1.165, 1.54) is 0 Å². The van der Waals surface area contributed by atoms with Gasteiger partial charge in [0.15, 0.2) is 0 Å². The number of benzene rings is 1. The van der Waals surface area contributed by atoms with Crippen LogP contribution in [0.15, 0.2) is 18.2 Å². The van der Waals surface area contributed by atoms with Gasteiger partial charge in [0.05, 0.1) is 5.41 Å². The number of rotatable bonds is 1. The lowest BCUT2D eigenvalue weighted by Crippen LogP contribution is -2.36. The maximum atomic E-state index is 11.3. The predicted molar refractivity (Wildman–Crippen MR) is 56.0 cm³/mol. The van der Waals surface area contributed by atoms with Gasteiger partial charge in [0.25, 0.3) is 0 Å². The molecule has 0 fully saturated rings. The molecule has 1 atom stereocenters. The van der Waals surface area contributed by atoms with Crippen LogP contribution < -0.4 is 0 Å². The zero-order chi connectivity index (χ0) is 11.1. The summed E-state index contributed by atoms with van der Waals surface area (Å²) in [5.74, 6) is -0.748. The highest BCUT2D eigenvalue weighted by atomic mass is 16.4. The van der Waals surface area contributed by atoms with E-state index in [2.05, 4.69) is 0 Å². The number of aliphatic carboxylic acids is 1. The predicted octanol–water partition coefficient (Wildman–Crippen LogP) is 2.07. The zero-order valence-electron chi connectivity index (χ0n) is 8.66. The van der Waals surface area contributed by atoms with Crippen molar-refractivity contribution in [2.45, 2.75) is 31.6 Å². The first-order chi connectivity index (χ1) is 7.05. The van der Waals surface area contributed by atoms with Crippen molar-refractivity contribution in [3.05, 3.63) is 29.3 Å². The molecule has 15 heavy (non-hydrogen) atoms. The van der Waals surface area contributed by atoms with Gasteiger partial charge in [-0.25, -0.2) is 0 Å². The molecule has 0 aromatic heterocycles. The summed E-state index contributed by atoms with van der Waals surface area (Å²) in [4.78, 5) is 11.3. The molecule has 0 radical (unpaired) electrons. The van der Waals surface area contributed by atoms with Crippen molar-refractivity contribution in [1.29, 1.82) is 0 Å². The Bertz CT molecular complexity index is 411.